The molecule has 1 aromatic carbocycles. The van der Waals surface area contributed by atoms with Gasteiger partial charge in [0.25, 0.3) is 0 Å². The molecule has 84 valence electrons. The minimum absolute atomic E-state index is 0.598. The fraction of sp³-hybridized carbons (Fsp3) is 0.0769. The van der Waals surface area contributed by atoms with Gasteiger partial charge in [-0.1, -0.05) is 6.07 Å². The molecular weight excluding hydrogens is 212 g/mol. The number of nitriles is 1. The van der Waals surface area contributed by atoms with E-state index in [1.807, 2.05) is 25.1 Å². The van der Waals surface area contributed by atoms with E-state index in [4.69, 9.17) is 11.0 Å². The molecule has 0 bridgehead atoms. The Morgan fingerprint density at radius 2 is 2.18 bits per heavy atom. The zero-order valence-electron chi connectivity index (χ0n) is 9.44. The van der Waals surface area contributed by atoms with E-state index in [-0.39, 0.29) is 0 Å². The maximum Gasteiger partial charge on any atom is 0.153 e. The monoisotopic (exact) mass is 224 g/mol. The second-order valence-electron chi connectivity index (χ2n) is 3.71. The molecule has 0 saturated heterocycles. The Labute approximate surface area is 99.7 Å². The summed E-state index contributed by atoms with van der Waals surface area (Å²) in [5.41, 5.74) is 8.90. The zero-order valence-corrected chi connectivity index (χ0v) is 9.44. The van der Waals surface area contributed by atoms with Gasteiger partial charge in [0, 0.05) is 11.9 Å². The molecular formula is C13H12N4. The molecule has 1 heterocycles. The summed E-state index contributed by atoms with van der Waals surface area (Å²) in [4.78, 5) is 4.17. The molecule has 3 N–H and O–H groups in total. The number of hydrogen-bond acceptors (Lipinski definition) is 4. The highest BCUT2D eigenvalue weighted by molar-refractivity contribution is 5.71. The second-order valence-corrected chi connectivity index (χ2v) is 3.71. The van der Waals surface area contributed by atoms with Crippen LogP contribution in [-0.2, 0) is 0 Å². The molecule has 2 rings (SSSR count). The van der Waals surface area contributed by atoms with Crippen LogP contribution in [0.2, 0.25) is 0 Å². The van der Waals surface area contributed by atoms with Crippen molar-refractivity contribution in [3.8, 4) is 6.07 Å². The van der Waals surface area contributed by atoms with Crippen LogP contribution in [0.5, 0.6) is 0 Å². The fourth-order valence-corrected chi connectivity index (χ4v) is 1.47. The van der Waals surface area contributed by atoms with E-state index < -0.39 is 0 Å². The first-order valence-corrected chi connectivity index (χ1v) is 5.19. The van der Waals surface area contributed by atoms with E-state index >= 15 is 0 Å². The number of benzene rings is 1. The third-order valence-electron chi connectivity index (χ3n) is 2.46. The lowest BCUT2D eigenvalue weighted by atomic mass is 10.2. The minimum atomic E-state index is 0.598. The molecule has 0 unspecified atom stereocenters. The summed E-state index contributed by atoms with van der Waals surface area (Å²) in [6.07, 6.45) is 1.70. The normalized spacial score (nSPS) is 9.65. The summed E-state index contributed by atoms with van der Waals surface area (Å²) < 4.78 is 0. The van der Waals surface area contributed by atoms with Crippen LogP contribution in [0.25, 0.3) is 0 Å². The van der Waals surface area contributed by atoms with Crippen LogP contribution in [-0.4, -0.2) is 4.98 Å². The summed E-state index contributed by atoms with van der Waals surface area (Å²) in [6.45, 7) is 1.92. The van der Waals surface area contributed by atoms with Crippen LogP contribution in [0, 0.1) is 18.3 Å². The number of hydrogen-bond donors (Lipinski definition) is 2. The van der Waals surface area contributed by atoms with E-state index in [0.717, 1.165) is 11.3 Å². The maximum atomic E-state index is 8.81. The lowest BCUT2D eigenvalue weighted by Crippen LogP contribution is -2.00. The number of pyridine rings is 1. The SMILES string of the molecule is Cc1ccnc(Nc2cccc(C#N)c2)c1N. The topological polar surface area (TPSA) is 74.7 Å². The minimum Gasteiger partial charge on any atom is -0.396 e. The van der Waals surface area contributed by atoms with Gasteiger partial charge in [0.05, 0.1) is 17.3 Å². The van der Waals surface area contributed by atoms with Crippen LogP contribution >= 0.6 is 0 Å². The molecule has 0 saturated carbocycles. The molecule has 0 fully saturated rings. The van der Waals surface area contributed by atoms with E-state index in [9.17, 15) is 0 Å². The van der Waals surface area contributed by atoms with Crippen molar-refractivity contribution in [3.63, 3.8) is 0 Å². The van der Waals surface area contributed by atoms with Gasteiger partial charge in [0.15, 0.2) is 5.82 Å². The first-order valence-electron chi connectivity index (χ1n) is 5.19. The highest BCUT2D eigenvalue weighted by Crippen LogP contribution is 2.23. The molecule has 0 aliphatic rings. The number of aryl methyl sites for hydroxylation is 1. The van der Waals surface area contributed by atoms with Crippen molar-refractivity contribution in [2.45, 2.75) is 6.92 Å². The predicted molar refractivity (Wildman–Crippen MR) is 67.8 cm³/mol. The number of nitrogens with zero attached hydrogens (tertiary/aromatic N) is 2. The van der Waals surface area contributed by atoms with Crippen molar-refractivity contribution >= 4 is 17.2 Å². The van der Waals surface area contributed by atoms with Gasteiger partial charge in [0.2, 0.25) is 0 Å². The summed E-state index contributed by atoms with van der Waals surface area (Å²) >= 11 is 0. The first-order chi connectivity index (χ1) is 8.20. The lowest BCUT2D eigenvalue weighted by Gasteiger charge is -2.09. The Balaban J connectivity index is 2.32. The molecule has 0 radical (unpaired) electrons. The maximum absolute atomic E-state index is 8.81. The Hall–Kier alpha value is -2.54. The van der Waals surface area contributed by atoms with E-state index in [1.165, 1.54) is 0 Å². The summed E-state index contributed by atoms with van der Waals surface area (Å²) in [5, 5.41) is 11.9. The molecule has 4 heteroatoms. The Morgan fingerprint density at radius 3 is 2.94 bits per heavy atom. The average Bonchev–Trinajstić information content (AvgIpc) is 2.35. The highest BCUT2D eigenvalue weighted by Gasteiger charge is 2.03. The molecule has 4 nitrogen and oxygen atoms in total. The molecule has 1 aromatic heterocycles. The van der Waals surface area contributed by atoms with E-state index in [2.05, 4.69) is 16.4 Å². The highest BCUT2D eigenvalue weighted by atomic mass is 15.0. The first kappa shape index (κ1) is 11.0. The molecule has 0 aliphatic carbocycles. The number of nitrogens with two attached hydrogens (primary N) is 1. The Bertz CT molecular complexity index is 584. The van der Waals surface area contributed by atoms with Crippen molar-refractivity contribution in [2.24, 2.45) is 0 Å². The van der Waals surface area contributed by atoms with Crippen LogP contribution in [0.1, 0.15) is 11.1 Å². The molecule has 0 amide bonds. The number of nitrogens with one attached hydrogen (secondary N) is 1. The molecule has 0 aliphatic heterocycles. The summed E-state index contributed by atoms with van der Waals surface area (Å²) in [5.74, 6) is 0.611. The van der Waals surface area contributed by atoms with Crippen molar-refractivity contribution in [1.82, 2.24) is 4.98 Å². The standard InChI is InChI=1S/C13H12N4/c1-9-5-6-16-13(12(9)15)17-11-4-2-3-10(7-11)8-14/h2-7H,15H2,1H3,(H,16,17). The van der Waals surface area contributed by atoms with Gasteiger partial charge < -0.3 is 11.1 Å². The van der Waals surface area contributed by atoms with Gasteiger partial charge in [-0.15, -0.1) is 0 Å². The van der Waals surface area contributed by atoms with Crippen molar-refractivity contribution in [2.75, 3.05) is 11.1 Å². The van der Waals surface area contributed by atoms with Crippen molar-refractivity contribution in [3.05, 3.63) is 47.7 Å². The predicted octanol–water partition coefficient (Wildman–Crippen LogP) is 2.59. The van der Waals surface area contributed by atoms with Gasteiger partial charge in [-0.05, 0) is 36.8 Å². The number of nitrogen functional groups attached to an aromatic ring is 1. The van der Waals surface area contributed by atoms with Crippen LogP contribution < -0.4 is 11.1 Å². The van der Waals surface area contributed by atoms with Crippen LogP contribution in [0.4, 0.5) is 17.2 Å². The fourth-order valence-electron chi connectivity index (χ4n) is 1.47. The van der Waals surface area contributed by atoms with Gasteiger partial charge in [0.1, 0.15) is 0 Å². The molecule has 2 aromatic rings. The second kappa shape index (κ2) is 4.54. The number of anilines is 3. The number of aromatic nitrogens is 1. The largest absolute Gasteiger partial charge is 0.396 e. The summed E-state index contributed by atoms with van der Waals surface area (Å²) in [6, 6.07) is 11.1. The smallest absolute Gasteiger partial charge is 0.153 e. The van der Waals surface area contributed by atoms with Crippen molar-refractivity contribution in [1.29, 1.82) is 5.26 Å². The third-order valence-corrected chi connectivity index (χ3v) is 2.46. The quantitative estimate of drug-likeness (QED) is 0.822. The van der Waals surface area contributed by atoms with Gasteiger partial charge in [-0.3, -0.25) is 0 Å². The summed E-state index contributed by atoms with van der Waals surface area (Å²) in [7, 11) is 0. The zero-order chi connectivity index (χ0) is 12.3. The van der Waals surface area contributed by atoms with E-state index in [0.29, 0.717) is 17.1 Å². The number of rotatable bonds is 2. The van der Waals surface area contributed by atoms with Gasteiger partial charge >= 0.3 is 0 Å². The Morgan fingerprint density at radius 1 is 1.35 bits per heavy atom. The molecule has 0 atom stereocenters. The van der Waals surface area contributed by atoms with Gasteiger partial charge in [-0.25, -0.2) is 4.98 Å². The molecule has 17 heavy (non-hydrogen) atoms. The Kier molecular flexibility index (Phi) is 2.93. The molecule has 0 spiro atoms. The lowest BCUT2D eigenvalue weighted by molar-refractivity contribution is 1.28. The van der Waals surface area contributed by atoms with E-state index in [1.54, 1.807) is 18.3 Å². The van der Waals surface area contributed by atoms with Gasteiger partial charge in [-0.2, -0.15) is 5.26 Å². The van der Waals surface area contributed by atoms with Crippen molar-refractivity contribution < 1.29 is 0 Å². The van der Waals surface area contributed by atoms with Crippen LogP contribution in [0.3, 0.4) is 0 Å². The average molecular weight is 224 g/mol. The third kappa shape index (κ3) is 2.34. The van der Waals surface area contributed by atoms with Crippen LogP contribution in [0.15, 0.2) is 36.5 Å².